The third-order valence-corrected chi connectivity index (χ3v) is 2.07. The van der Waals surface area contributed by atoms with Crippen LogP contribution in [-0.4, -0.2) is 25.8 Å². The fraction of sp³-hybridized carbons (Fsp3) is 0.111. The summed E-state index contributed by atoms with van der Waals surface area (Å²) in [5.74, 6) is -1.39. The Balaban J connectivity index is 2.86. The molecule has 0 amide bonds. The van der Waals surface area contributed by atoms with Gasteiger partial charge in [-0.15, -0.1) is 0 Å². The van der Waals surface area contributed by atoms with Crippen molar-refractivity contribution in [1.29, 1.82) is 0 Å². The largest absolute Gasteiger partial charge is 0.505 e. The highest BCUT2D eigenvalue weighted by Crippen LogP contribution is 2.25. The third-order valence-electron chi connectivity index (χ3n) is 2.07. The zero-order chi connectivity index (χ0) is 10.3. The molecule has 0 radical (unpaired) electrons. The SMILES string of the molecule is Cc1cnn2ccc(C(=O)O)c(O)c12. The Morgan fingerprint density at radius 2 is 2.29 bits per heavy atom. The number of aromatic nitrogens is 2. The molecule has 0 aliphatic heterocycles. The molecular formula is C9H8N2O3. The number of rotatable bonds is 1. The molecule has 2 aromatic heterocycles. The van der Waals surface area contributed by atoms with Crippen molar-refractivity contribution in [1.82, 2.24) is 9.61 Å². The van der Waals surface area contributed by atoms with Gasteiger partial charge < -0.3 is 10.2 Å². The van der Waals surface area contributed by atoms with Gasteiger partial charge in [-0.3, -0.25) is 0 Å². The zero-order valence-electron chi connectivity index (χ0n) is 7.43. The first-order valence-corrected chi connectivity index (χ1v) is 4.00. The van der Waals surface area contributed by atoms with Crippen LogP contribution in [0.15, 0.2) is 18.5 Å². The Labute approximate surface area is 79.2 Å². The topological polar surface area (TPSA) is 74.8 Å². The third kappa shape index (κ3) is 1.02. The first-order valence-electron chi connectivity index (χ1n) is 4.00. The minimum absolute atomic E-state index is 0.110. The number of aryl methyl sites for hydroxylation is 1. The molecule has 14 heavy (non-hydrogen) atoms. The molecule has 5 heteroatoms. The monoisotopic (exact) mass is 192 g/mol. The van der Waals surface area contributed by atoms with Crippen LogP contribution in [-0.2, 0) is 0 Å². The summed E-state index contributed by atoms with van der Waals surface area (Å²) in [5, 5.41) is 22.4. The highest BCUT2D eigenvalue weighted by Gasteiger charge is 2.14. The molecule has 2 N–H and O–H groups in total. The van der Waals surface area contributed by atoms with Crippen molar-refractivity contribution in [2.75, 3.05) is 0 Å². The molecule has 2 aromatic rings. The van der Waals surface area contributed by atoms with E-state index >= 15 is 0 Å². The van der Waals surface area contributed by atoms with Gasteiger partial charge in [0.25, 0.3) is 0 Å². The van der Waals surface area contributed by atoms with Crippen molar-refractivity contribution in [3.63, 3.8) is 0 Å². The summed E-state index contributed by atoms with van der Waals surface area (Å²) in [6.07, 6.45) is 3.08. The Morgan fingerprint density at radius 3 is 2.93 bits per heavy atom. The van der Waals surface area contributed by atoms with Gasteiger partial charge >= 0.3 is 5.97 Å². The first kappa shape index (κ1) is 8.55. The summed E-state index contributed by atoms with van der Waals surface area (Å²) in [7, 11) is 0. The van der Waals surface area contributed by atoms with E-state index in [2.05, 4.69) is 5.10 Å². The minimum Gasteiger partial charge on any atom is -0.505 e. The number of carboxylic acids is 1. The lowest BCUT2D eigenvalue weighted by Gasteiger charge is -2.01. The quantitative estimate of drug-likeness (QED) is 0.708. The maximum Gasteiger partial charge on any atom is 0.339 e. The van der Waals surface area contributed by atoms with Crippen LogP contribution >= 0.6 is 0 Å². The van der Waals surface area contributed by atoms with Crippen LogP contribution < -0.4 is 0 Å². The molecule has 0 fully saturated rings. The molecule has 0 saturated carbocycles. The average Bonchev–Trinajstić information content (AvgIpc) is 2.48. The van der Waals surface area contributed by atoms with E-state index in [1.54, 1.807) is 13.1 Å². The van der Waals surface area contributed by atoms with Crippen LogP contribution in [0, 0.1) is 6.92 Å². The van der Waals surface area contributed by atoms with Gasteiger partial charge in [0.15, 0.2) is 5.75 Å². The summed E-state index contributed by atoms with van der Waals surface area (Å²) in [4.78, 5) is 10.7. The fourth-order valence-corrected chi connectivity index (χ4v) is 1.38. The number of hydrogen-bond acceptors (Lipinski definition) is 3. The number of carboxylic acid groups (broad SMARTS) is 1. The molecule has 5 nitrogen and oxygen atoms in total. The summed E-state index contributed by atoms with van der Waals surface area (Å²) >= 11 is 0. The van der Waals surface area contributed by atoms with E-state index in [0.717, 1.165) is 5.56 Å². The van der Waals surface area contributed by atoms with Gasteiger partial charge in [0.2, 0.25) is 0 Å². The van der Waals surface area contributed by atoms with Gasteiger partial charge in [-0.05, 0) is 18.6 Å². The Morgan fingerprint density at radius 1 is 1.57 bits per heavy atom. The highest BCUT2D eigenvalue weighted by molar-refractivity contribution is 5.94. The van der Waals surface area contributed by atoms with Crippen molar-refractivity contribution >= 4 is 11.5 Å². The zero-order valence-corrected chi connectivity index (χ0v) is 7.43. The van der Waals surface area contributed by atoms with Crippen LogP contribution in [0.3, 0.4) is 0 Å². The van der Waals surface area contributed by atoms with Crippen molar-refractivity contribution in [3.05, 3.63) is 29.6 Å². The van der Waals surface area contributed by atoms with E-state index < -0.39 is 5.97 Å². The normalized spacial score (nSPS) is 10.6. The standard InChI is InChI=1S/C9H8N2O3/c1-5-4-10-11-3-2-6(9(13)14)8(12)7(5)11/h2-4,12H,1H3,(H,13,14). The lowest BCUT2D eigenvalue weighted by atomic mass is 10.2. The number of fused-ring (bicyclic) bond motifs is 1. The van der Waals surface area contributed by atoms with Crippen LogP contribution in [0.2, 0.25) is 0 Å². The predicted octanol–water partition coefficient (Wildman–Crippen LogP) is 1.05. The predicted molar refractivity (Wildman–Crippen MR) is 48.6 cm³/mol. The number of nitrogens with zero attached hydrogens (tertiary/aromatic N) is 2. The van der Waals surface area contributed by atoms with E-state index in [0.29, 0.717) is 5.52 Å². The second kappa shape index (κ2) is 2.73. The highest BCUT2D eigenvalue weighted by atomic mass is 16.4. The van der Waals surface area contributed by atoms with Crippen LogP contribution in [0.1, 0.15) is 15.9 Å². The molecule has 0 aliphatic rings. The molecule has 0 unspecified atom stereocenters. The van der Waals surface area contributed by atoms with Crippen molar-refractivity contribution in [2.45, 2.75) is 6.92 Å². The molecule has 0 aliphatic carbocycles. The average molecular weight is 192 g/mol. The molecule has 72 valence electrons. The van der Waals surface area contributed by atoms with E-state index in [-0.39, 0.29) is 11.3 Å². The maximum absolute atomic E-state index is 10.7. The molecule has 2 heterocycles. The van der Waals surface area contributed by atoms with E-state index in [4.69, 9.17) is 5.11 Å². The van der Waals surface area contributed by atoms with Crippen molar-refractivity contribution in [2.24, 2.45) is 0 Å². The number of aromatic hydroxyl groups is 1. The summed E-state index contributed by atoms with van der Waals surface area (Å²) in [6.45, 7) is 1.76. The molecular weight excluding hydrogens is 184 g/mol. The second-order valence-electron chi connectivity index (χ2n) is 3.00. The van der Waals surface area contributed by atoms with Gasteiger partial charge in [0.1, 0.15) is 11.1 Å². The summed E-state index contributed by atoms with van der Waals surface area (Å²) in [6, 6.07) is 1.32. The van der Waals surface area contributed by atoms with Crippen LogP contribution in [0.4, 0.5) is 0 Å². The van der Waals surface area contributed by atoms with Gasteiger partial charge in [0, 0.05) is 6.20 Å². The number of carbonyl (C=O) groups is 1. The fourth-order valence-electron chi connectivity index (χ4n) is 1.38. The number of aromatic carboxylic acids is 1. The van der Waals surface area contributed by atoms with E-state index in [1.807, 2.05) is 0 Å². The first-order chi connectivity index (χ1) is 6.61. The van der Waals surface area contributed by atoms with E-state index in [9.17, 15) is 9.90 Å². The Bertz CT molecular complexity index is 516. The number of hydrogen-bond donors (Lipinski definition) is 2. The van der Waals surface area contributed by atoms with Crippen LogP contribution in [0.5, 0.6) is 5.75 Å². The molecule has 0 saturated heterocycles. The molecule has 0 aromatic carbocycles. The molecule has 0 atom stereocenters. The Hall–Kier alpha value is -2.04. The number of pyridine rings is 1. The van der Waals surface area contributed by atoms with Gasteiger partial charge in [-0.25, -0.2) is 9.31 Å². The Kier molecular flexibility index (Phi) is 1.67. The van der Waals surface area contributed by atoms with Gasteiger partial charge in [-0.2, -0.15) is 5.10 Å². The van der Waals surface area contributed by atoms with Crippen LogP contribution in [0.25, 0.3) is 5.52 Å². The van der Waals surface area contributed by atoms with Gasteiger partial charge in [-0.1, -0.05) is 0 Å². The lowest BCUT2D eigenvalue weighted by molar-refractivity contribution is 0.0694. The summed E-state index contributed by atoms with van der Waals surface area (Å²) in [5.41, 5.74) is 1.07. The maximum atomic E-state index is 10.7. The minimum atomic E-state index is -1.15. The molecule has 2 rings (SSSR count). The van der Waals surface area contributed by atoms with Crippen molar-refractivity contribution in [3.8, 4) is 5.75 Å². The smallest absolute Gasteiger partial charge is 0.339 e. The molecule has 0 bridgehead atoms. The summed E-state index contributed by atoms with van der Waals surface area (Å²) < 4.78 is 1.44. The van der Waals surface area contributed by atoms with E-state index in [1.165, 1.54) is 16.8 Å². The van der Waals surface area contributed by atoms with Crippen molar-refractivity contribution < 1.29 is 15.0 Å². The molecule has 0 spiro atoms. The lowest BCUT2D eigenvalue weighted by Crippen LogP contribution is -1.99. The van der Waals surface area contributed by atoms with Gasteiger partial charge in [0.05, 0.1) is 6.20 Å². The second-order valence-corrected chi connectivity index (χ2v) is 3.00.